The van der Waals surface area contributed by atoms with E-state index in [4.69, 9.17) is 5.11 Å². The number of carbonyl (C=O) groups is 2. The Labute approximate surface area is 118 Å². The van der Waals surface area contributed by atoms with Crippen LogP contribution < -0.4 is 5.32 Å². The van der Waals surface area contributed by atoms with Crippen molar-refractivity contribution in [3.05, 3.63) is 24.3 Å². The summed E-state index contributed by atoms with van der Waals surface area (Å²) in [5, 5.41) is 20.6. The van der Waals surface area contributed by atoms with Gasteiger partial charge in [0, 0.05) is 12.8 Å². The highest BCUT2D eigenvalue weighted by molar-refractivity contribution is 5.92. The molecule has 0 unspecified atom stereocenters. The summed E-state index contributed by atoms with van der Waals surface area (Å²) in [6.45, 7) is 0. The van der Waals surface area contributed by atoms with Crippen LogP contribution in [0.3, 0.4) is 0 Å². The maximum atomic E-state index is 11.6. The predicted molar refractivity (Wildman–Crippen MR) is 76.7 cm³/mol. The highest BCUT2D eigenvalue weighted by Gasteiger charge is 2.05. The number of carboxylic acids is 1. The summed E-state index contributed by atoms with van der Waals surface area (Å²) in [6.07, 6.45) is 4.82. The number of phenolic OH excluding ortho intramolecular Hbond substituents is 1. The van der Waals surface area contributed by atoms with Crippen LogP contribution in [0.1, 0.15) is 44.9 Å². The minimum absolute atomic E-state index is 0.0644. The van der Waals surface area contributed by atoms with Crippen LogP contribution >= 0.6 is 0 Å². The average Bonchev–Trinajstić information content (AvgIpc) is 2.40. The Bertz CT molecular complexity index is 445. The number of benzene rings is 1. The molecular formula is C15H21NO4. The maximum absolute atomic E-state index is 11.6. The van der Waals surface area contributed by atoms with Gasteiger partial charge in [0.2, 0.25) is 5.91 Å². The third kappa shape index (κ3) is 6.78. The summed E-state index contributed by atoms with van der Waals surface area (Å²) in [5.41, 5.74) is 0.430. The van der Waals surface area contributed by atoms with Crippen LogP contribution in [0.15, 0.2) is 24.3 Å². The highest BCUT2D eigenvalue weighted by Crippen LogP contribution is 2.21. The van der Waals surface area contributed by atoms with Crippen LogP contribution in [-0.2, 0) is 9.59 Å². The van der Waals surface area contributed by atoms with Gasteiger partial charge >= 0.3 is 5.97 Å². The van der Waals surface area contributed by atoms with E-state index >= 15 is 0 Å². The molecule has 0 heterocycles. The molecule has 0 aromatic heterocycles. The van der Waals surface area contributed by atoms with Gasteiger partial charge in [0.25, 0.3) is 0 Å². The summed E-state index contributed by atoms with van der Waals surface area (Å²) >= 11 is 0. The van der Waals surface area contributed by atoms with Gasteiger partial charge in [0.05, 0.1) is 5.69 Å². The lowest BCUT2D eigenvalue weighted by atomic mass is 10.1. The van der Waals surface area contributed by atoms with Crippen molar-refractivity contribution >= 4 is 17.6 Å². The largest absolute Gasteiger partial charge is 0.506 e. The van der Waals surface area contributed by atoms with E-state index in [1.165, 1.54) is 6.07 Å². The van der Waals surface area contributed by atoms with Crippen LogP contribution in [0.25, 0.3) is 0 Å². The molecule has 20 heavy (non-hydrogen) atoms. The minimum Gasteiger partial charge on any atom is -0.506 e. The molecule has 1 rings (SSSR count). The van der Waals surface area contributed by atoms with Crippen LogP contribution in [0.2, 0.25) is 0 Å². The third-order valence-corrected chi connectivity index (χ3v) is 2.97. The van der Waals surface area contributed by atoms with E-state index in [1.807, 2.05) is 0 Å². The number of hydrogen-bond donors (Lipinski definition) is 3. The molecule has 0 radical (unpaired) electrons. The topological polar surface area (TPSA) is 86.6 Å². The third-order valence-electron chi connectivity index (χ3n) is 2.97. The molecule has 0 spiro atoms. The Balaban J connectivity index is 2.09. The lowest BCUT2D eigenvalue weighted by Gasteiger charge is -2.06. The van der Waals surface area contributed by atoms with Crippen molar-refractivity contribution < 1.29 is 19.8 Å². The van der Waals surface area contributed by atoms with Crippen LogP contribution in [-0.4, -0.2) is 22.1 Å². The number of aromatic hydroxyl groups is 1. The Kier molecular flexibility index (Phi) is 7.17. The van der Waals surface area contributed by atoms with Crippen molar-refractivity contribution in [2.75, 3.05) is 5.32 Å². The van der Waals surface area contributed by atoms with Gasteiger partial charge in [-0.15, -0.1) is 0 Å². The molecule has 5 heteroatoms. The number of unbranched alkanes of at least 4 members (excludes halogenated alkanes) is 4. The molecule has 0 aliphatic carbocycles. The molecule has 5 nitrogen and oxygen atoms in total. The number of para-hydroxylation sites is 2. The number of nitrogens with one attached hydrogen (secondary N) is 1. The average molecular weight is 279 g/mol. The number of carboxylic acid groups (broad SMARTS) is 1. The van der Waals surface area contributed by atoms with Crippen LogP contribution in [0.4, 0.5) is 5.69 Å². The van der Waals surface area contributed by atoms with Crippen molar-refractivity contribution in [2.24, 2.45) is 0 Å². The Morgan fingerprint density at radius 3 is 2.20 bits per heavy atom. The van der Waals surface area contributed by atoms with E-state index in [-0.39, 0.29) is 18.1 Å². The highest BCUT2D eigenvalue weighted by atomic mass is 16.4. The molecular weight excluding hydrogens is 258 g/mol. The Morgan fingerprint density at radius 2 is 1.55 bits per heavy atom. The normalized spacial score (nSPS) is 10.2. The summed E-state index contributed by atoms with van der Waals surface area (Å²) in [5.74, 6) is -0.807. The van der Waals surface area contributed by atoms with Gasteiger partial charge < -0.3 is 15.5 Å². The number of carbonyl (C=O) groups excluding carboxylic acids is 1. The zero-order valence-corrected chi connectivity index (χ0v) is 11.5. The number of rotatable bonds is 9. The molecule has 0 saturated carbocycles. The molecule has 0 saturated heterocycles. The Hall–Kier alpha value is -2.04. The van der Waals surface area contributed by atoms with E-state index in [0.29, 0.717) is 18.5 Å². The van der Waals surface area contributed by atoms with Crippen molar-refractivity contribution in [3.8, 4) is 5.75 Å². The van der Waals surface area contributed by atoms with Gasteiger partial charge in [-0.1, -0.05) is 31.4 Å². The molecule has 1 aromatic rings. The van der Waals surface area contributed by atoms with Gasteiger partial charge in [0.1, 0.15) is 5.75 Å². The second-order valence-corrected chi connectivity index (χ2v) is 4.73. The molecule has 0 atom stereocenters. The zero-order chi connectivity index (χ0) is 14.8. The van der Waals surface area contributed by atoms with Gasteiger partial charge in [-0.2, -0.15) is 0 Å². The number of phenols is 1. The number of amides is 1. The van der Waals surface area contributed by atoms with Crippen LogP contribution in [0.5, 0.6) is 5.75 Å². The van der Waals surface area contributed by atoms with Crippen molar-refractivity contribution in [3.63, 3.8) is 0 Å². The molecule has 0 bridgehead atoms. The molecule has 0 aliphatic rings. The lowest BCUT2D eigenvalue weighted by molar-refractivity contribution is -0.137. The molecule has 3 N–H and O–H groups in total. The van der Waals surface area contributed by atoms with Gasteiger partial charge in [-0.05, 0) is 25.0 Å². The summed E-state index contributed by atoms with van der Waals surface area (Å²) in [7, 11) is 0. The second kappa shape index (κ2) is 8.96. The number of anilines is 1. The molecule has 0 aliphatic heterocycles. The van der Waals surface area contributed by atoms with Crippen molar-refractivity contribution in [2.45, 2.75) is 44.9 Å². The zero-order valence-electron chi connectivity index (χ0n) is 11.5. The standard InChI is InChI=1S/C15H21NO4/c17-13-9-7-6-8-12(13)16-14(18)10-4-2-1-3-5-11-15(19)20/h6-9,17H,1-5,10-11H2,(H,16,18)(H,19,20). The smallest absolute Gasteiger partial charge is 0.303 e. The Morgan fingerprint density at radius 1 is 0.950 bits per heavy atom. The van der Waals surface area contributed by atoms with Crippen molar-refractivity contribution in [1.29, 1.82) is 0 Å². The van der Waals surface area contributed by atoms with E-state index in [1.54, 1.807) is 18.2 Å². The van der Waals surface area contributed by atoms with Gasteiger partial charge in [0.15, 0.2) is 0 Å². The first-order valence-electron chi connectivity index (χ1n) is 6.89. The molecule has 0 fully saturated rings. The predicted octanol–water partition coefficient (Wildman–Crippen LogP) is 3.15. The van der Waals surface area contributed by atoms with Gasteiger partial charge in [-0.25, -0.2) is 0 Å². The fourth-order valence-corrected chi connectivity index (χ4v) is 1.88. The van der Waals surface area contributed by atoms with Gasteiger partial charge in [-0.3, -0.25) is 9.59 Å². The fraction of sp³-hybridized carbons (Fsp3) is 0.467. The first kappa shape index (κ1) is 16.0. The molecule has 1 aromatic carbocycles. The first-order chi connectivity index (χ1) is 9.59. The maximum Gasteiger partial charge on any atom is 0.303 e. The van der Waals surface area contributed by atoms with E-state index in [0.717, 1.165) is 25.7 Å². The summed E-state index contributed by atoms with van der Waals surface area (Å²) < 4.78 is 0. The fourth-order valence-electron chi connectivity index (χ4n) is 1.88. The van der Waals surface area contributed by atoms with E-state index in [9.17, 15) is 14.7 Å². The minimum atomic E-state index is -0.757. The van der Waals surface area contributed by atoms with Crippen molar-refractivity contribution in [1.82, 2.24) is 0 Å². The van der Waals surface area contributed by atoms with E-state index < -0.39 is 5.97 Å². The van der Waals surface area contributed by atoms with Crippen LogP contribution in [0, 0.1) is 0 Å². The summed E-state index contributed by atoms with van der Waals surface area (Å²) in [4.78, 5) is 21.9. The second-order valence-electron chi connectivity index (χ2n) is 4.73. The quantitative estimate of drug-likeness (QED) is 0.478. The monoisotopic (exact) mass is 279 g/mol. The number of hydrogen-bond acceptors (Lipinski definition) is 3. The molecule has 1 amide bonds. The number of aliphatic carboxylic acids is 1. The SMILES string of the molecule is O=C(O)CCCCCCCC(=O)Nc1ccccc1O. The molecule has 110 valence electrons. The summed E-state index contributed by atoms with van der Waals surface area (Å²) in [6, 6.07) is 6.62. The van der Waals surface area contributed by atoms with E-state index in [2.05, 4.69) is 5.32 Å². The first-order valence-corrected chi connectivity index (χ1v) is 6.89. The lowest BCUT2D eigenvalue weighted by Crippen LogP contribution is -2.11.